The molecule has 0 radical (unpaired) electrons. The molecule has 0 bridgehead atoms. The second kappa shape index (κ2) is 6.20. The molecule has 4 nitrogen and oxygen atoms in total. The Balaban J connectivity index is 1.75. The molecule has 1 heterocycles. The van der Waals surface area contributed by atoms with Gasteiger partial charge < -0.3 is 15.4 Å². The third-order valence-electron chi connectivity index (χ3n) is 4.13. The lowest BCUT2D eigenvalue weighted by Gasteiger charge is -2.22. The molecule has 0 aromatic heterocycles. The fourth-order valence-electron chi connectivity index (χ4n) is 2.89. The number of fused-ring (bicyclic) bond motifs is 1. The van der Waals surface area contributed by atoms with Gasteiger partial charge in [-0.15, -0.1) is 0 Å². The van der Waals surface area contributed by atoms with Gasteiger partial charge in [-0.1, -0.05) is 30.3 Å². The van der Waals surface area contributed by atoms with Gasteiger partial charge in [-0.2, -0.15) is 0 Å². The lowest BCUT2D eigenvalue weighted by atomic mass is 9.95. The minimum atomic E-state index is -0.0971. The Morgan fingerprint density at radius 3 is 2.77 bits per heavy atom. The quantitative estimate of drug-likeness (QED) is 0.905. The summed E-state index contributed by atoms with van der Waals surface area (Å²) in [7, 11) is 1.61. The van der Waals surface area contributed by atoms with Crippen LogP contribution in [0.1, 0.15) is 16.7 Å². The molecule has 114 valence electrons. The van der Waals surface area contributed by atoms with Crippen molar-refractivity contribution in [1.29, 1.82) is 0 Å². The first-order chi connectivity index (χ1) is 10.7. The molecule has 3 N–H and O–H groups in total. The maximum absolute atomic E-state index is 12.6. The van der Waals surface area contributed by atoms with E-state index in [1.54, 1.807) is 7.11 Å². The smallest absolute Gasteiger partial charge is 0.283 e. The van der Waals surface area contributed by atoms with E-state index in [1.807, 2.05) is 37.3 Å². The van der Waals surface area contributed by atoms with Gasteiger partial charge in [-0.05, 0) is 30.2 Å². The largest absolute Gasteiger partial charge is 0.495 e. The number of amides is 1. The highest BCUT2D eigenvalue weighted by Gasteiger charge is 2.28. The van der Waals surface area contributed by atoms with Crippen molar-refractivity contribution in [1.82, 2.24) is 0 Å². The van der Waals surface area contributed by atoms with Gasteiger partial charge in [-0.3, -0.25) is 4.79 Å². The molecular formula is C18H21N2O2+. The standard InChI is InChI=1S/C18H20N2O2/c1-12-7-8-17(22-2)15(9-12)20-18(21)16-10-13-5-3-4-6-14(13)11-19-16/h3-9,16,19H,10-11H2,1-2H3,(H,20,21)/p+1/t16-/m0/s1. The second-order valence-corrected chi connectivity index (χ2v) is 5.71. The van der Waals surface area contributed by atoms with Crippen molar-refractivity contribution < 1.29 is 14.8 Å². The average Bonchev–Trinajstić information content (AvgIpc) is 2.54. The van der Waals surface area contributed by atoms with Gasteiger partial charge in [0.15, 0.2) is 6.04 Å². The molecule has 0 saturated heterocycles. The van der Waals surface area contributed by atoms with Crippen LogP contribution in [0.5, 0.6) is 5.75 Å². The molecule has 0 unspecified atom stereocenters. The molecule has 0 fully saturated rings. The highest BCUT2D eigenvalue weighted by Crippen LogP contribution is 2.25. The predicted molar refractivity (Wildman–Crippen MR) is 85.9 cm³/mol. The van der Waals surface area contributed by atoms with Crippen molar-refractivity contribution in [2.75, 3.05) is 12.4 Å². The number of hydrogen-bond acceptors (Lipinski definition) is 2. The molecule has 0 spiro atoms. The van der Waals surface area contributed by atoms with E-state index in [1.165, 1.54) is 11.1 Å². The van der Waals surface area contributed by atoms with Gasteiger partial charge in [0.05, 0.1) is 12.8 Å². The molecule has 1 aliphatic heterocycles. The first kappa shape index (κ1) is 14.6. The van der Waals surface area contributed by atoms with Crippen molar-refractivity contribution in [2.24, 2.45) is 0 Å². The number of anilines is 1. The Kier molecular flexibility index (Phi) is 4.11. The molecular weight excluding hydrogens is 276 g/mol. The molecule has 1 atom stereocenters. The number of benzene rings is 2. The summed E-state index contributed by atoms with van der Waals surface area (Å²) in [5, 5.41) is 5.10. The van der Waals surface area contributed by atoms with Gasteiger partial charge in [0.1, 0.15) is 12.3 Å². The van der Waals surface area contributed by atoms with E-state index in [-0.39, 0.29) is 11.9 Å². The van der Waals surface area contributed by atoms with Crippen LogP contribution in [0.25, 0.3) is 0 Å². The zero-order valence-electron chi connectivity index (χ0n) is 12.9. The van der Waals surface area contributed by atoms with E-state index in [9.17, 15) is 4.79 Å². The lowest BCUT2D eigenvalue weighted by molar-refractivity contribution is -0.694. The van der Waals surface area contributed by atoms with E-state index >= 15 is 0 Å². The summed E-state index contributed by atoms with van der Waals surface area (Å²) < 4.78 is 5.32. The van der Waals surface area contributed by atoms with Crippen LogP contribution in [0.15, 0.2) is 42.5 Å². The molecule has 1 amide bonds. The predicted octanol–water partition coefficient (Wildman–Crippen LogP) is 1.63. The van der Waals surface area contributed by atoms with Crippen LogP contribution < -0.4 is 15.4 Å². The summed E-state index contributed by atoms with van der Waals surface area (Å²) in [4.78, 5) is 12.6. The number of hydrogen-bond donors (Lipinski definition) is 2. The number of nitrogens with one attached hydrogen (secondary N) is 1. The van der Waals surface area contributed by atoms with Gasteiger partial charge in [0.25, 0.3) is 5.91 Å². The molecule has 0 aliphatic carbocycles. The Hall–Kier alpha value is -2.33. The number of aryl methyl sites for hydroxylation is 1. The first-order valence-corrected chi connectivity index (χ1v) is 7.53. The zero-order chi connectivity index (χ0) is 15.5. The second-order valence-electron chi connectivity index (χ2n) is 5.71. The highest BCUT2D eigenvalue weighted by atomic mass is 16.5. The van der Waals surface area contributed by atoms with E-state index in [0.717, 1.165) is 24.2 Å². The van der Waals surface area contributed by atoms with Gasteiger partial charge in [0, 0.05) is 12.0 Å². The maximum atomic E-state index is 12.6. The summed E-state index contributed by atoms with van der Waals surface area (Å²) in [6, 6.07) is 14.0. The van der Waals surface area contributed by atoms with Crippen LogP contribution in [0.3, 0.4) is 0 Å². The fourth-order valence-corrected chi connectivity index (χ4v) is 2.89. The molecule has 1 aliphatic rings. The summed E-state index contributed by atoms with van der Waals surface area (Å²) >= 11 is 0. The maximum Gasteiger partial charge on any atom is 0.283 e. The van der Waals surface area contributed by atoms with Crippen molar-refractivity contribution in [2.45, 2.75) is 25.9 Å². The van der Waals surface area contributed by atoms with Gasteiger partial charge >= 0.3 is 0 Å². The minimum absolute atomic E-state index is 0.0263. The third-order valence-corrected chi connectivity index (χ3v) is 4.13. The fraction of sp³-hybridized carbons (Fsp3) is 0.278. The van der Waals surface area contributed by atoms with Crippen LogP contribution >= 0.6 is 0 Å². The molecule has 0 saturated carbocycles. The number of ether oxygens (including phenoxy) is 1. The van der Waals surface area contributed by atoms with Crippen molar-refractivity contribution in [3.8, 4) is 5.75 Å². The number of quaternary nitrogens is 1. The number of methoxy groups -OCH3 is 1. The number of carbonyl (C=O) groups is 1. The topological polar surface area (TPSA) is 54.9 Å². The van der Waals surface area contributed by atoms with Crippen LogP contribution in [-0.2, 0) is 17.8 Å². The van der Waals surface area contributed by atoms with Crippen LogP contribution in [0, 0.1) is 6.92 Å². The van der Waals surface area contributed by atoms with Crippen molar-refractivity contribution in [3.05, 3.63) is 59.2 Å². The third kappa shape index (κ3) is 2.97. The molecule has 22 heavy (non-hydrogen) atoms. The Morgan fingerprint density at radius 2 is 2.00 bits per heavy atom. The van der Waals surface area contributed by atoms with Crippen molar-refractivity contribution in [3.63, 3.8) is 0 Å². The van der Waals surface area contributed by atoms with E-state index in [4.69, 9.17) is 4.74 Å². The van der Waals surface area contributed by atoms with Crippen LogP contribution in [-0.4, -0.2) is 19.1 Å². The summed E-state index contributed by atoms with van der Waals surface area (Å²) in [6.45, 7) is 2.84. The summed E-state index contributed by atoms with van der Waals surface area (Å²) in [5.41, 5.74) is 4.41. The Labute approximate surface area is 130 Å². The van der Waals surface area contributed by atoms with Gasteiger partial charge in [0.2, 0.25) is 0 Å². The SMILES string of the molecule is COc1ccc(C)cc1NC(=O)[C@@H]1Cc2ccccc2C[NH2+]1. The van der Waals surface area contributed by atoms with E-state index < -0.39 is 0 Å². The molecule has 2 aromatic rings. The van der Waals surface area contributed by atoms with Crippen molar-refractivity contribution >= 4 is 11.6 Å². The molecule has 2 aromatic carbocycles. The van der Waals surface area contributed by atoms with E-state index in [2.05, 4.69) is 22.8 Å². The molecule has 4 heteroatoms. The van der Waals surface area contributed by atoms with Crippen LogP contribution in [0.4, 0.5) is 5.69 Å². The zero-order valence-corrected chi connectivity index (χ0v) is 12.9. The summed E-state index contributed by atoms with van der Waals surface area (Å²) in [6.07, 6.45) is 0.760. The number of carbonyl (C=O) groups excluding carboxylic acids is 1. The Morgan fingerprint density at radius 1 is 1.23 bits per heavy atom. The molecule has 3 rings (SSSR count). The highest BCUT2D eigenvalue weighted by molar-refractivity contribution is 5.95. The minimum Gasteiger partial charge on any atom is -0.495 e. The number of rotatable bonds is 3. The number of nitrogens with two attached hydrogens (primary N) is 1. The van der Waals surface area contributed by atoms with Gasteiger partial charge in [-0.25, -0.2) is 0 Å². The first-order valence-electron chi connectivity index (χ1n) is 7.53. The van der Waals surface area contributed by atoms with Crippen LogP contribution in [0.2, 0.25) is 0 Å². The summed E-state index contributed by atoms with van der Waals surface area (Å²) in [5.74, 6) is 0.716. The normalized spacial score (nSPS) is 16.7. The average molecular weight is 297 g/mol. The Bertz CT molecular complexity index is 697. The van der Waals surface area contributed by atoms with E-state index in [0.29, 0.717) is 5.75 Å². The monoisotopic (exact) mass is 297 g/mol. The lowest BCUT2D eigenvalue weighted by Crippen LogP contribution is -2.92.